The van der Waals surface area contributed by atoms with Crippen LogP contribution in [-0.2, 0) is 0 Å². The molecular weight excluding hydrogens is 374 g/mol. The lowest BCUT2D eigenvalue weighted by Gasteiger charge is -2.22. The molecule has 2 aliphatic rings. The van der Waals surface area contributed by atoms with Crippen LogP contribution in [0.4, 0.5) is 5.69 Å². The van der Waals surface area contributed by atoms with Crippen molar-refractivity contribution >= 4 is 27.2 Å². The van der Waals surface area contributed by atoms with Gasteiger partial charge in [-0.2, -0.15) is 0 Å². The lowest BCUT2D eigenvalue weighted by molar-refractivity contribution is 0.525. The van der Waals surface area contributed by atoms with E-state index in [0.717, 1.165) is 37.4 Å². The average molecular weight is 411 g/mol. The molecule has 0 fully saturated rings. The van der Waals surface area contributed by atoms with Crippen LogP contribution in [0.3, 0.4) is 0 Å². The molecule has 0 aromatic heterocycles. The summed E-state index contributed by atoms with van der Waals surface area (Å²) in [5.74, 6) is 0. The summed E-state index contributed by atoms with van der Waals surface area (Å²) < 4.78 is 3.84. The molecule has 1 heterocycles. The highest BCUT2D eigenvalue weighted by Gasteiger charge is 2.14. The third-order valence-corrected chi connectivity index (χ3v) is 6.78. The monoisotopic (exact) mass is 410 g/mol. The third kappa shape index (κ3) is 4.98. The van der Waals surface area contributed by atoms with Crippen LogP contribution in [0.5, 0.6) is 0 Å². The van der Waals surface area contributed by atoms with Crippen molar-refractivity contribution in [3.8, 4) is 10.6 Å². The standard InChI is InChI=1S/C25H36N3S/c1-6-10-14-28(15-11-7-2)20-12-13-22-23(17-20)29-24-18-21(27(8-3)9-4)16-19(5)25(24)26-22/h12-13,16-18H,6-11,14-15H2,1-5H3/q+1. The fraction of sp³-hybridized carbons (Fsp3) is 0.520. The molecule has 4 heteroatoms. The minimum Gasteiger partial charge on any atom is -0.372 e. The van der Waals surface area contributed by atoms with Gasteiger partial charge in [0.15, 0.2) is 0 Å². The number of hydrogen-bond donors (Lipinski definition) is 0. The number of hydrogen-bond acceptors (Lipinski definition) is 3. The number of aromatic nitrogens is 1. The van der Waals surface area contributed by atoms with E-state index in [4.69, 9.17) is 4.98 Å². The molecule has 0 saturated heterocycles. The van der Waals surface area contributed by atoms with Crippen LogP contribution in [0.2, 0.25) is 0 Å². The van der Waals surface area contributed by atoms with Gasteiger partial charge < -0.3 is 4.90 Å². The largest absolute Gasteiger partial charge is 0.372 e. The van der Waals surface area contributed by atoms with E-state index in [1.54, 1.807) is 0 Å². The van der Waals surface area contributed by atoms with Crippen molar-refractivity contribution < 1.29 is 0 Å². The summed E-state index contributed by atoms with van der Waals surface area (Å²) in [4.78, 5) is 8.72. The summed E-state index contributed by atoms with van der Waals surface area (Å²) in [5.41, 5.74) is 4.82. The maximum Gasteiger partial charge on any atom is 0.201 e. The molecule has 1 aliphatic heterocycles. The molecule has 0 N–H and O–H groups in total. The van der Waals surface area contributed by atoms with Crippen molar-refractivity contribution in [3.63, 3.8) is 0 Å². The van der Waals surface area contributed by atoms with Gasteiger partial charge in [-0.3, -0.25) is 0 Å². The zero-order chi connectivity index (χ0) is 20.8. The van der Waals surface area contributed by atoms with Gasteiger partial charge in [0.1, 0.15) is 13.1 Å². The second-order valence-corrected chi connectivity index (χ2v) is 8.93. The number of anilines is 1. The highest BCUT2D eigenvalue weighted by atomic mass is 32.1. The Morgan fingerprint density at radius 2 is 1.62 bits per heavy atom. The van der Waals surface area contributed by atoms with Crippen LogP contribution >= 0.6 is 11.3 Å². The smallest absolute Gasteiger partial charge is 0.201 e. The first-order chi connectivity index (χ1) is 14.1. The number of nitrogens with zero attached hydrogens (tertiary/aromatic N) is 3. The van der Waals surface area contributed by atoms with Crippen LogP contribution < -0.4 is 14.8 Å². The highest BCUT2D eigenvalue weighted by Crippen LogP contribution is 2.33. The molecule has 0 amide bonds. The van der Waals surface area contributed by atoms with Crippen LogP contribution in [-0.4, -0.2) is 31.2 Å². The molecule has 0 saturated carbocycles. The summed E-state index contributed by atoms with van der Waals surface area (Å²) in [5, 5.41) is 1.34. The maximum atomic E-state index is 5.03. The fourth-order valence-electron chi connectivity index (χ4n) is 3.90. The van der Waals surface area contributed by atoms with Gasteiger partial charge in [-0.15, -0.1) is 11.3 Å². The Morgan fingerprint density at radius 3 is 2.24 bits per heavy atom. The Bertz CT molecular complexity index is 975. The number of fused-ring (bicyclic) bond motifs is 2. The van der Waals surface area contributed by atoms with Crippen molar-refractivity contribution in [2.24, 2.45) is 0 Å². The van der Waals surface area contributed by atoms with E-state index in [-0.39, 0.29) is 0 Å². The van der Waals surface area contributed by atoms with E-state index in [9.17, 15) is 0 Å². The number of benzene rings is 2. The van der Waals surface area contributed by atoms with E-state index in [1.807, 2.05) is 11.3 Å². The Balaban J connectivity index is 2.15. The van der Waals surface area contributed by atoms with E-state index in [1.165, 1.54) is 51.9 Å². The zero-order valence-corrected chi connectivity index (χ0v) is 19.6. The van der Waals surface area contributed by atoms with Crippen molar-refractivity contribution in [3.05, 3.63) is 41.3 Å². The molecular formula is C25H36N3S+. The summed E-state index contributed by atoms with van der Waals surface area (Å²) >= 11 is 1.88. The van der Waals surface area contributed by atoms with Crippen LogP contribution in [0.15, 0.2) is 30.3 Å². The fourth-order valence-corrected chi connectivity index (χ4v) is 5.02. The van der Waals surface area contributed by atoms with Gasteiger partial charge in [0.05, 0.1) is 20.8 Å². The predicted molar refractivity (Wildman–Crippen MR) is 129 cm³/mol. The Hall–Kier alpha value is -1.94. The second-order valence-electron chi connectivity index (χ2n) is 7.84. The highest BCUT2D eigenvalue weighted by molar-refractivity contribution is 7.21. The van der Waals surface area contributed by atoms with E-state index in [2.05, 4.69) is 74.4 Å². The summed E-state index contributed by atoms with van der Waals surface area (Å²) in [6.07, 6.45) is 4.96. The maximum absolute atomic E-state index is 5.03. The molecule has 29 heavy (non-hydrogen) atoms. The second kappa shape index (κ2) is 10.2. The van der Waals surface area contributed by atoms with Crippen molar-refractivity contribution in [2.45, 2.75) is 60.3 Å². The molecule has 0 bridgehead atoms. The number of unbranched alkanes of at least 4 members (excludes halogenated alkanes) is 2. The first-order valence-electron chi connectivity index (χ1n) is 11.3. The van der Waals surface area contributed by atoms with E-state index >= 15 is 0 Å². The Kier molecular flexibility index (Phi) is 7.65. The summed E-state index contributed by atoms with van der Waals surface area (Å²) in [7, 11) is 0. The van der Waals surface area contributed by atoms with Gasteiger partial charge in [-0.05, 0) is 44.5 Å². The van der Waals surface area contributed by atoms with Crippen molar-refractivity contribution in [1.29, 1.82) is 0 Å². The minimum atomic E-state index is 1.03. The number of rotatable bonds is 9. The molecule has 0 spiro atoms. The summed E-state index contributed by atoms with van der Waals surface area (Å²) in [6.45, 7) is 15.5. The Labute approximate surface area is 180 Å². The van der Waals surface area contributed by atoms with Crippen LogP contribution in [0.1, 0.15) is 58.9 Å². The number of aryl methyl sites for hydroxylation is 1. The van der Waals surface area contributed by atoms with Crippen molar-refractivity contribution in [2.75, 3.05) is 31.1 Å². The van der Waals surface area contributed by atoms with Crippen LogP contribution in [0.25, 0.3) is 20.8 Å². The molecule has 0 atom stereocenters. The topological polar surface area (TPSA) is 19.1 Å². The van der Waals surface area contributed by atoms with Gasteiger partial charge in [0.25, 0.3) is 0 Å². The quantitative estimate of drug-likeness (QED) is 0.322. The summed E-state index contributed by atoms with van der Waals surface area (Å²) in [6, 6.07) is 11.4. The van der Waals surface area contributed by atoms with Crippen molar-refractivity contribution in [1.82, 2.24) is 9.56 Å². The molecule has 1 aliphatic carbocycles. The lowest BCUT2D eigenvalue weighted by Crippen LogP contribution is -2.31. The molecule has 156 valence electrons. The molecule has 0 radical (unpaired) electrons. The van der Waals surface area contributed by atoms with Gasteiger partial charge in [0, 0.05) is 43.8 Å². The van der Waals surface area contributed by atoms with E-state index in [0.29, 0.717) is 0 Å². The first kappa shape index (κ1) is 21.8. The van der Waals surface area contributed by atoms with Gasteiger partial charge >= 0.3 is 0 Å². The third-order valence-electron chi connectivity index (χ3n) is 5.70. The molecule has 3 nitrogen and oxygen atoms in total. The van der Waals surface area contributed by atoms with Crippen LogP contribution in [0, 0.1) is 6.92 Å². The lowest BCUT2D eigenvalue weighted by atomic mass is 10.1. The zero-order valence-electron chi connectivity index (χ0n) is 18.8. The molecule has 1 aromatic rings. The molecule has 0 unspecified atom stereocenters. The van der Waals surface area contributed by atoms with E-state index < -0.39 is 0 Å². The SMILES string of the molecule is CCCC[N+](CCCC)=c1ccc2nc3c(C)cc(N(CC)CC)cc3sc-2c1. The molecule has 1 aromatic carbocycles. The Morgan fingerprint density at radius 1 is 0.931 bits per heavy atom. The normalized spacial score (nSPS) is 11.3. The van der Waals surface area contributed by atoms with Gasteiger partial charge in [-0.1, -0.05) is 26.7 Å². The van der Waals surface area contributed by atoms with Gasteiger partial charge in [0.2, 0.25) is 5.36 Å². The average Bonchev–Trinajstić information content (AvgIpc) is 2.73. The first-order valence-corrected chi connectivity index (χ1v) is 12.1. The minimum absolute atomic E-state index is 1.03. The van der Waals surface area contributed by atoms with Gasteiger partial charge in [-0.25, -0.2) is 9.56 Å². The molecule has 3 rings (SSSR count). The predicted octanol–water partition coefficient (Wildman–Crippen LogP) is 5.93.